The third kappa shape index (κ3) is 5.14. The maximum atomic E-state index is 13.4. The Hall–Kier alpha value is -3.58. The minimum atomic E-state index is -1.04. The minimum Gasteiger partial charge on any atom is -0.494 e. The van der Waals surface area contributed by atoms with Crippen molar-refractivity contribution in [3.05, 3.63) is 71.6 Å². The number of para-hydroxylation sites is 1. The molecule has 1 amide bonds. The van der Waals surface area contributed by atoms with E-state index in [1.54, 1.807) is 29.3 Å². The number of piperidine rings is 1. The summed E-state index contributed by atoms with van der Waals surface area (Å²) in [5.74, 6) is 0.633. The number of carbonyl (C=O) groups is 2. The summed E-state index contributed by atoms with van der Waals surface area (Å²) in [6.45, 7) is 8.64. The monoisotopic (exact) mass is 501 g/mol. The Bertz CT molecular complexity index is 1320. The highest BCUT2D eigenvalue weighted by molar-refractivity contribution is 5.99. The first-order valence-electron chi connectivity index (χ1n) is 13.2. The molecule has 0 spiro atoms. The van der Waals surface area contributed by atoms with Crippen molar-refractivity contribution < 1.29 is 19.4 Å². The molecule has 2 aliphatic rings. The van der Waals surface area contributed by atoms with Gasteiger partial charge in [-0.05, 0) is 74.3 Å². The summed E-state index contributed by atoms with van der Waals surface area (Å²) in [4.78, 5) is 29.8. The van der Waals surface area contributed by atoms with Gasteiger partial charge in [-0.2, -0.15) is 0 Å². The van der Waals surface area contributed by atoms with Gasteiger partial charge in [0.2, 0.25) is 0 Å². The number of carboxylic acid groups (broad SMARTS) is 1. The number of carbonyl (C=O) groups excluding carboxylic acids is 1. The molecule has 3 heterocycles. The fourth-order valence-corrected chi connectivity index (χ4v) is 5.71. The average molecular weight is 502 g/mol. The zero-order chi connectivity index (χ0) is 26.0. The molecule has 3 aromatic rings. The zero-order valence-corrected chi connectivity index (χ0v) is 21.7. The topological polar surface area (TPSA) is 75.0 Å². The lowest BCUT2D eigenvalue weighted by molar-refractivity contribution is 0.0801. The van der Waals surface area contributed by atoms with Crippen LogP contribution in [0.25, 0.3) is 17.0 Å². The first-order valence-corrected chi connectivity index (χ1v) is 13.2. The first-order chi connectivity index (χ1) is 17.8. The third-order valence-corrected chi connectivity index (χ3v) is 7.46. The van der Waals surface area contributed by atoms with Gasteiger partial charge in [-0.25, -0.2) is 9.36 Å². The lowest BCUT2D eigenvalue weighted by Crippen LogP contribution is -2.36. The van der Waals surface area contributed by atoms with E-state index in [0.29, 0.717) is 29.9 Å². The zero-order valence-electron chi connectivity index (χ0n) is 21.7. The molecule has 0 atom stereocenters. The Morgan fingerprint density at radius 2 is 1.73 bits per heavy atom. The molecule has 7 nitrogen and oxygen atoms in total. The standard InChI is InChI=1S/C30H35N3O4/c1-30(2)21-32(19-15-26-27(30)24-9-4-5-10-25(24)33(26)29(35)36)28(34)22-11-13-23(14-12-22)37-20-8-18-31-16-6-3-7-17-31/h4-5,9-15,19H,3,6-8,16-18,20-21H2,1-2H3,(H,35,36). The van der Waals surface area contributed by atoms with E-state index in [9.17, 15) is 14.7 Å². The van der Waals surface area contributed by atoms with E-state index < -0.39 is 11.5 Å². The Labute approximate surface area is 217 Å². The first kappa shape index (κ1) is 25.1. The average Bonchev–Trinajstić information content (AvgIpc) is 3.18. The maximum Gasteiger partial charge on any atom is 0.416 e. The number of benzene rings is 2. The lowest BCUT2D eigenvalue weighted by atomic mass is 9.82. The van der Waals surface area contributed by atoms with Crippen LogP contribution in [0.2, 0.25) is 0 Å². The van der Waals surface area contributed by atoms with E-state index in [0.717, 1.165) is 29.7 Å². The summed E-state index contributed by atoms with van der Waals surface area (Å²) in [6, 6.07) is 14.8. The van der Waals surface area contributed by atoms with Gasteiger partial charge in [0.05, 0.1) is 17.8 Å². The summed E-state index contributed by atoms with van der Waals surface area (Å²) >= 11 is 0. The maximum absolute atomic E-state index is 13.4. The van der Waals surface area contributed by atoms with Crippen LogP contribution >= 0.6 is 0 Å². The number of ether oxygens (including phenoxy) is 1. The number of amides is 1. The Balaban J connectivity index is 1.29. The smallest absolute Gasteiger partial charge is 0.416 e. The summed E-state index contributed by atoms with van der Waals surface area (Å²) < 4.78 is 7.23. The number of nitrogens with zero attached hydrogens (tertiary/aromatic N) is 3. The molecule has 2 aromatic carbocycles. The number of rotatable bonds is 6. The predicted molar refractivity (Wildman–Crippen MR) is 145 cm³/mol. The highest BCUT2D eigenvalue weighted by Crippen LogP contribution is 2.39. The molecule has 1 aromatic heterocycles. The van der Waals surface area contributed by atoms with E-state index >= 15 is 0 Å². The quantitative estimate of drug-likeness (QED) is 0.431. The van der Waals surface area contributed by atoms with Crippen LogP contribution in [0.4, 0.5) is 4.79 Å². The molecule has 1 saturated heterocycles. The van der Waals surface area contributed by atoms with Crippen LogP contribution in [0.3, 0.4) is 0 Å². The summed E-state index contributed by atoms with van der Waals surface area (Å²) in [5.41, 5.74) is 2.29. The van der Waals surface area contributed by atoms with Gasteiger partial charge in [0.1, 0.15) is 5.75 Å². The second-order valence-corrected chi connectivity index (χ2v) is 10.7. The number of fused-ring (bicyclic) bond motifs is 3. The van der Waals surface area contributed by atoms with Crippen molar-refractivity contribution in [2.75, 3.05) is 32.8 Å². The lowest BCUT2D eigenvalue weighted by Gasteiger charge is -2.30. The van der Waals surface area contributed by atoms with E-state index in [1.807, 2.05) is 36.4 Å². The second-order valence-electron chi connectivity index (χ2n) is 10.7. The number of hydrogen-bond acceptors (Lipinski definition) is 4. The summed E-state index contributed by atoms with van der Waals surface area (Å²) in [5, 5.41) is 10.8. The van der Waals surface area contributed by atoms with E-state index in [4.69, 9.17) is 4.74 Å². The van der Waals surface area contributed by atoms with Crippen LogP contribution in [0.1, 0.15) is 61.1 Å². The molecule has 0 radical (unpaired) electrons. The Morgan fingerprint density at radius 3 is 2.46 bits per heavy atom. The highest BCUT2D eigenvalue weighted by Gasteiger charge is 2.35. The molecule has 1 fully saturated rings. The molecular formula is C30H35N3O4. The van der Waals surface area contributed by atoms with Gasteiger partial charge in [-0.3, -0.25) is 4.79 Å². The fraction of sp³-hybridized carbons (Fsp3) is 0.400. The van der Waals surface area contributed by atoms with Crippen molar-refractivity contribution in [3.8, 4) is 5.75 Å². The molecule has 0 saturated carbocycles. The van der Waals surface area contributed by atoms with Crippen LogP contribution in [0, 0.1) is 0 Å². The van der Waals surface area contributed by atoms with Crippen LogP contribution in [-0.2, 0) is 5.41 Å². The normalized spacial score (nSPS) is 17.4. The molecule has 1 N–H and O–H groups in total. The van der Waals surface area contributed by atoms with Crippen molar-refractivity contribution in [2.24, 2.45) is 0 Å². The molecule has 0 bridgehead atoms. The van der Waals surface area contributed by atoms with E-state index in [2.05, 4.69) is 18.7 Å². The van der Waals surface area contributed by atoms with Gasteiger partial charge in [0.15, 0.2) is 0 Å². The molecular weight excluding hydrogens is 466 g/mol. The van der Waals surface area contributed by atoms with Crippen molar-refractivity contribution in [1.29, 1.82) is 0 Å². The predicted octanol–water partition coefficient (Wildman–Crippen LogP) is 5.83. The van der Waals surface area contributed by atoms with Crippen molar-refractivity contribution >= 4 is 29.0 Å². The molecule has 194 valence electrons. The van der Waals surface area contributed by atoms with Gasteiger partial charge in [0, 0.05) is 35.7 Å². The van der Waals surface area contributed by atoms with E-state index in [1.165, 1.54) is 36.9 Å². The van der Waals surface area contributed by atoms with Gasteiger partial charge < -0.3 is 19.6 Å². The molecule has 0 aliphatic carbocycles. The minimum absolute atomic E-state index is 0.127. The molecule has 2 aliphatic heterocycles. The SMILES string of the molecule is CC1(C)CN(C(=O)c2ccc(OCCCN3CCCCC3)cc2)C=Cc2c1c1ccccc1n2C(=O)O. The van der Waals surface area contributed by atoms with Gasteiger partial charge >= 0.3 is 6.09 Å². The van der Waals surface area contributed by atoms with Gasteiger partial charge in [-0.15, -0.1) is 0 Å². The number of aromatic nitrogens is 1. The number of likely N-dealkylation sites (tertiary alicyclic amines) is 1. The molecule has 7 heteroatoms. The fourth-order valence-electron chi connectivity index (χ4n) is 5.71. The largest absolute Gasteiger partial charge is 0.494 e. The van der Waals surface area contributed by atoms with Gasteiger partial charge in [-0.1, -0.05) is 38.5 Å². The van der Waals surface area contributed by atoms with Crippen LogP contribution in [0.5, 0.6) is 5.75 Å². The summed E-state index contributed by atoms with van der Waals surface area (Å²) in [6.07, 6.45) is 7.34. The van der Waals surface area contributed by atoms with Crippen LogP contribution in [0.15, 0.2) is 54.7 Å². The van der Waals surface area contributed by atoms with Gasteiger partial charge in [0.25, 0.3) is 5.91 Å². The molecule has 5 rings (SSSR count). The number of hydrogen-bond donors (Lipinski definition) is 1. The van der Waals surface area contributed by atoms with E-state index in [-0.39, 0.29) is 5.91 Å². The second kappa shape index (κ2) is 10.4. The van der Waals surface area contributed by atoms with Crippen molar-refractivity contribution in [2.45, 2.75) is 44.9 Å². The Morgan fingerprint density at radius 1 is 1.00 bits per heavy atom. The van der Waals surface area contributed by atoms with Crippen LogP contribution in [-0.4, -0.2) is 64.3 Å². The van der Waals surface area contributed by atoms with Crippen LogP contribution < -0.4 is 4.74 Å². The van der Waals surface area contributed by atoms with Crippen molar-refractivity contribution in [3.63, 3.8) is 0 Å². The molecule has 0 unspecified atom stereocenters. The van der Waals surface area contributed by atoms with Crippen molar-refractivity contribution in [1.82, 2.24) is 14.4 Å². The molecule has 37 heavy (non-hydrogen) atoms. The summed E-state index contributed by atoms with van der Waals surface area (Å²) in [7, 11) is 0. The Kier molecular flexibility index (Phi) is 7.07. The third-order valence-electron chi connectivity index (χ3n) is 7.46. The highest BCUT2D eigenvalue weighted by atomic mass is 16.5.